The number of fused-ring (bicyclic) bond motifs is 7. The number of benzene rings is 3. The van der Waals surface area contributed by atoms with E-state index < -0.39 is 130 Å². The Morgan fingerprint density at radius 2 is 1.33 bits per heavy atom. The maximum Gasteiger partial charge on any atom is 0.305 e. The van der Waals surface area contributed by atoms with Crippen molar-refractivity contribution < 1.29 is 75.4 Å². The molecule has 0 spiro atoms. The third kappa shape index (κ3) is 24.1. The molecule has 0 saturated carbocycles. The number of aliphatic carboxylic acids is 1. The van der Waals surface area contributed by atoms with E-state index in [4.69, 9.17) is 11.5 Å². The Balaban J connectivity index is 1.03. The first-order chi connectivity index (χ1) is 49.9. The number of nitrogens with one attached hydrogen (secondary N) is 10. The van der Waals surface area contributed by atoms with E-state index in [-0.39, 0.29) is 96.8 Å². The van der Waals surface area contributed by atoms with Gasteiger partial charge in [0.2, 0.25) is 64.8 Å². The summed E-state index contributed by atoms with van der Waals surface area (Å²) in [6.07, 6.45) is 11.9. The van der Waals surface area contributed by atoms with E-state index in [0.29, 0.717) is 24.9 Å². The minimum atomic E-state index is -4.63. The molecule has 0 unspecified atom stereocenters. The van der Waals surface area contributed by atoms with Crippen molar-refractivity contribution in [3.05, 3.63) is 126 Å². The van der Waals surface area contributed by atoms with Crippen LogP contribution in [0.15, 0.2) is 119 Å². The van der Waals surface area contributed by atoms with Crippen LogP contribution in [0.4, 0.5) is 11.4 Å². The van der Waals surface area contributed by atoms with Crippen LogP contribution < -0.4 is 69.5 Å². The first-order valence-corrected chi connectivity index (χ1v) is 39.6. The van der Waals surface area contributed by atoms with Crippen LogP contribution >= 0.6 is 33.3 Å². The second kappa shape index (κ2) is 39.2. The Morgan fingerprint density at radius 3 is 2.01 bits per heavy atom. The van der Waals surface area contributed by atoms with Crippen LogP contribution in [0.3, 0.4) is 0 Å². The molecule has 2 bridgehead atoms. The number of rotatable bonds is 24. The van der Waals surface area contributed by atoms with Crippen LogP contribution in [0, 0.1) is 0 Å². The topological polar surface area (TPSA) is 456 Å². The second-order valence-electron chi connectivity index (χ2n) is 26.6. The molecule has 0 aromatic heterocycles. The van der Waals surface area contributed by atoms with Gasteiger partial charge in [0.05, 0.1) is 29.0 Å². The van der Waals surface area contributed by atoms with Crippen molar-refractivity contribution in [2.75, 3.05) is 68.2 Å². The smallest absolute Gasteiger partial charge is 0.305 e. The lowest BCUT2D eigenvalue weighted by Crippen LogP contribution is -2.60. The zero-order valence-electron chi connectivity index (χ0n) is 59.6. The highest BCUT2D eigenvalue weighted by molar-refractivity contribution is 8.76. The number of thioether (sulfide) groups is 1. The third-order valence-corrected chi connectivity index (χ3v) is 22.5. The summed E-state index contributed by atoms with van der Waals surface area (Å²) in [5, 5.41) is 35.9. The molecule has 7 atom stereocenters. The highest BCUT2D eigenvalue weighted by Gasteiger charge is 2.44. The van der Waals surface area contributed by atoms with E-state index in [1.165, 1.54) is 24.7 Å². The number of allylic oxidation sites excluding steroid dienone is 6. The number of carboxylic acid groups (broad SMARTS) is 1. The summed E-state index contributed by atoms with van der Waals surface area (Å²) in [6, 6.07) is 11.0. The normalized spacial score (nSPS) is 22.7. The van der Waals surface area contributed by atoms with E-state index in [0.717, 1.165) is 74.5 Å². The van der Waals surface area contributed by atoms with Gasteiger partial charge in [-0.2, -0.15) is 4.58 Å². The monoisotopic (exact) mass is 1530 g/mol. The molecule has 34 heteroatoms. The summed E-state index contributed by atoms with van der Waals surface area (Å²) in [6.45, 7) is 8.44. The average molecular weight is 1530 g/mol. The lowest BCUT2D eigenvalue weighted by atomic mass is 9.81. The van der Waals surface area contributed by atoms with Crippen molar-refractivity contribution in [1.82, 2.24) is 53.2 Å². The molecule has 2 saturated heterocycles. The number of aliphatic imine (C=N–C) groups is 1. The van der Waals surface area contributed by atoms with E-state index in [1.54, 1.807) is 36.4 Å². The second-order valence-corrected chi connectivity index (χ2v) is 31.6. The summed E-state index contributed by atoms with van der Waals surface area (Å²) >= 11 is 0.946. The van der Waals surface area contributed by atoms with E-state index in [1.807, 2.05) is 61.9 Å². The number of carboxylic acids is 1. The number of likely N-dealkylation sites (N-methyl/N-ethyl adjacent to an activating group) is 1. The van der Waals surface area contributed by atoms with Crippen molar-refractivity contribution in [3.8, 4) is 0 Å². The van der Waals surface area contributed by atoms with Gasteiger partial charge >= 0.3 is 5.97 Å². The lowest BCUT2D eigenvalue weighted by molar-refractivity contribution is -0.401. The zero-order valence-corrected chi connectivity index (χ0v) is 62.8. The van der Waals surface area contributed by atoms with E-state index in [9.17, 15) is 70.8 Å². The molecule has 0 aliphatic carbocycles. The number of amides is 10. The largest absolute Gasteiger partial charge is 0.744 e. The Hall–Kier alpha value is -9.25. The molecule has 4 aliphatic rings. The molecule has 30 nitrogen and oxygen atoms in total. The fourth-order valence-electron chi connectivity index (χ4n) is 12.6. The molecule has 4 aliphatic heterocycles. The predicted octanol–water partition coefficient (Wildman–Crippen LogP) is 1.41. The molecule has 2 fully saturated rings. The number of guanidine groups is 1. The molecule has 568 valence electrons. The first kappa shape index (κ1) is 83.0. The maximum atomic E-state index is 14.6. The Morgan fingerprint density at radius 1 is 0.695 bits per heavy atom. The summed E-state index contributed by atoms with van der Waals surface area (Å²) in [5.74, 6) is -10.9. The molecule has 10 amide bonds. The maximum absolute atomic E-state index is 14.6. The molecule has 7 rings (SSSR count). The highest BCUT2D eigenvalue weighted by Crippen LogP contribution is 2.48. The molecule has 4 heterocycles. The number of anilines is 1. The molecule has 0 radical (unpaired) electrons. The number of hydrogen-bond donors (Lipinski definition) is 13. The number of carbonyl (C=O) groups excluding carboxylic acids is 10. The SMILES string of the molecule is CNC(=O)[C@@H]1CSCC(=O)N[C@@H](CCCCNC(=O)CCCCCN2/C(=C/C=C/C=C/C3=[N+](C)c4ccc(S(=O)(=O)[O-])cc4C3(C)C)C(C)(C)c3ccccc32)C(=O)N[C@H]2CSSC[C@H](NC(=O)[C@H](CC(=O)O)NC(=O)CNC(=O)[C@H](CCCN=C(N)N)NC2=O)C(=O)N[C@@H](Cc2ccccc2)C(=O)N1. The standard InChI is InChI=1S/C71H95N15O15S4/c1-70(2)45-23-15-16-26-55(45)86(57(70)28-13-8-12-27-56-71(3,4)46-36-44(105(99,100)101)30-31-54(46)85(56)6)34-19-9-14-29-58(87)75-32-18-17-24-48-64(94)83-52-40-103-104-41-53(68(98)81-49(35-43-21-10-7-11-22-43)65(95)82-51(62(92)74-5)39-102-42-60(89)78-48)84-66(96)50(37-61(90)91)79-59(88)38-77-63(93)47(80-67(52)97)25-20-33-76-69(72)73/h7-8,10-13,15-16,21-23,26-28,30-31,36,47-53H,9,14,17-20,24-25,29,32-35,37-42H2,1-6H3,(H15-,72,73,74,75,76,77,78,79,80,81,82,83,84,87,88,89,90,91,92,93,94,95,96,97,98,99,100,101)/t47-,48-,49-,50-,51-,52-,53-/m0/s1. The van der Waals surface area contributed by atoms with Crippen LogP contribution in [0.2, 0.25) is 0 Å². The number of hydrogen-bond acceptors (Lipinski definition) is 19. The van der Waals surface area contributed by atoms with Crippen LogP contribution in [-0.2, 0) is 80.1 Å². The highest BCUT2D eigenvalue weighted by atomic mass is 33.1. The van der Waals surface area contributed by atoms with Crippen molar-refractivity contribution >= 4 is 132 Å². The summed E-state index contributed by atoms with van der Waals surface area (Å²) in [7, 11) is 0.498. The van der Waals surface area contributed by atoms with Gasteiger partial charge in [-0.15, -0.1) is 11.8 Å². The summed E-state index contributed by atoms with van der Waals surface area (Å²) in [5.41, 5.74) is 16.6. The Labute approximate surface area is 623 Å². The quantitative estimate of drug-likeness (QED) is 0.0115. The number of nitrogens with zero attached hydrogens (tertiary/aromatic N) is 3. The van der Waals surface area contributed by atoms with Gasteiger partial charge in [-0.1, -0.05) is 109 Å². The van der Waals surface area contributed by atoms with Gasteiger partial charge in [-0.25, -0.2) is 8.42 Å². The van der Waals surface area contributed by atoms with E-state index >= 15 is 0 Å². The summed E-state index contributed by atoms with van der Waals surface area (Å²) < 4.78 is 37.6. The molecular weight excluding hydrogens is 1430 g/mol. The van der Waals surface area contributed by atoms with Crippen LogP contribution in [0.1, 0.15) is 109 Å². The minimum absolute atomic E-state index is 0.00154. The number of para-hydroxylation sites is 1. The lowest BCUT2D eigenvalue weighted by Gasteiger charge is -2.27. The molecule has 105 heavy (non-hydrogen) atoms. The van der Waals surface area contributed by atoms with Gasteiger partial charge in [-0.3, -0.25) is 57.7 Å². The molecule has 3 aromatic rings. The minimum Gasteiger partial charge on any atom is -0.744 e. The zero-order chi connectivity index (χ0) is 76.6. The molecule has 3 aromatic carbocycles. The number of unbranched alkanes of at least 4 members (excludes halogenated alkanes) is 3. The fourth-order valence-corrected chi connectivity index (χ4v) is 16.3. The van der Waals surface area contributed by atoms with Gasteiger partial charge in [0.1, 0.15) is 59.5 Å². The van der Waals surface area contributed by atoms with Crippen LogP contribution in [-0.4, -0.2) is 205 Å². The van der Waals surface area contributed by atoms with Gasteiger partial charge in [0.25, 0.3) is 0 Å². The number of nitrogens with two attached hydrogens (primary N) is 2. The van der Waals surface area contributed by atoms with Gasteiger partial charge in [0.15, 0.2) is 11.7 Å². The number of carbonyl (C=O) groups is 11. The van der Waals surface area contributed by atoms with Gasteiger partial charge in [0, 0.05) is 91.3 Å². The van der Waals surface area contributed by atoms with Crippen molar-refractivity contribution in [2.45, 2.75) is 156 Å². The van der Waals surface area contributed by atoms with Crippen molar-refractivity contribution in [1.29, 1.82) is 0 Å². The van der Waals surface area contributed by atoms with Gasteiger partial charge < -0.3 is 79.2 Å². The Bertz CT molecular complexity index is 3980. The van der Waals surface area contributed by atoms with Gasteiger partial charge in [-0.05, 0) is 94.2 Å². The van der Waals surface area contributed by atoms with Crippen molar-refractivity contribution in [3.63, 3.8) is 0 Å². The van der Waals surface area contributed by atoms with Crippen LogP contribution in [0.5, 0.6) is 0 Å². The average Bonchev–Trinajstić information content (AvgIpc) is 1.61. The van der Waals surface area contributed by atoms with E-state index in [2.05, 4.69) is 95.1 Å². The summed E-state index contributed by atoms with van der Waals surface area (Å²) in [4.78, 5) is 158. The predicted molar refractivity (Wildman–Crippen MR) is 402 cm³/mol. The molecular formula is C71H95N15O15S4. The molecule has 15 N–H and O–H groups in total. The first-order valence-electron chi connectivity index (χ1n) is 34.5. The third-order valence-electron chi connectivity index (χ3n) is 18.2. The Kier molecular flexibility index (Phi) is 31.0. The fraction of sp³-hybridized carbons (Fsp3) is 0.479. The van der Waals surface area contributed by atoms with Crippen LogP contribution in [0.25, 0.3) is 0 Å². The van der Waals surface area contributed by atoms with Crippen molar-refractivity contribution in [2.24, 2.45) is 16.5 Å².